The van der Waals surface area contributed by atoms with Gasteiger partial charge in [-0.15, -0.1) is 11.3 Å². The summed E-state index contributed by atoms with van der Waals surface area (Å²) in [6.45, 7) is 7.37. The van der Waals surface area contributed by atoms with Crippen molar-refractivity contribution in [2.24, 2.45) is 7.05 Å². The molecule has 0 unspecified atom stereocenters. The molecule has 0 atom stereocenters. The lowest BCUT2D eigenvalue weighted by Crippen LogP contribution is -2.38. The fraction of sp³-hybridized carbons (Fsp3) is 0.314. The van der Waals surface area contributed by atoms with Crippen LogP contribution in [0.5, 0.6) is 0 Å². The fourth-order valence-corrected chi connectivity index (χ4v) is 8.08. The van der Waals surface area contributed by atoms with E-state index in [4.69, 9.17) is 4.74 Å². The number of likely N-dealkylation sites (N-methyl/N-ethyl adjacent to an activating group) is 1. The van der Waals surface area contributed by atoms with E-state index in [0.29, 0.717) is 40.4 Å². The van der Waals surface area contributed by atoms with Gasteiger partial charge in [0.2, 0.25) is 0 Å². The topological polar surface area (TPSA) is 96.8 Å². The van der Waals surface area contributed by atoms with Crippen LogP contribution < -0.4 is 15.8 Å². The number of halogens is 1. The van der Waals surface area contributed by atoms with Gasteiger partial charge < -0.3 is 24.4 Å². The van der Waals surface area contributed by atoms with Crippen molar-refractivity contribution < 1.29 is 18.7 Å². The summed E-state index contributed by atoms with van der Waals surface area (Å²) in [6.07, 6.45) is 4.62. The van der Waals surface area contributed by atoms with Crippen molar-refractivity contribution in [3.63, 3.8) is 0 Å². The number of carbonyl (C=O) groups is 2. The molecule has 0 radical (unpaired) electrons. The number of hydrogen-bond donors (Lipinski definition) is 1. The quantitative estimate of drug-likeness (QED) is 0.226. The molecule has 3 aliphatic rings. The highest BCUT2D eigenvalue weighted by Gasteiger charge is 2.35. The fourth-order valence-electron chi connectivity index (χ4n) is 6.70. The highest BCUT2D eigenvalue weighted by Crippen LogP contribution is 2.42. The summed E-state index contributed by atoms with van der Waals surface area (Å²) in [5.41, 5.74) is 7.61. The average molecular weight is 640 g/mol. The number of carbonyl (C=O) groups excluding carboxylic acids is 2. The van der Waals surface area contributed by atoms with E-state index in [1.54, 1.807) is 11.9 Å². The smallest absolute Gasteiger partial charge is 0.302 e. The van der Waals surface area contributed by atoms with Gasteiger partial charge in [-0.3, -0.25) is 14.4 Å². The molecule has 1 aliphatic carbocycles. The molecule has 0 fully saturated rings. The monoisotopic (exact) mass is 639 g/mol. The number of allylic oxidation sites excluding steroid dienone is 1. The number of fused-ring (bicyclic) bond motifs is 4. The maximum Gasteiger partial charge on any atom is 0.302 e. The van der Waals surface area contributed by atoms with Crippen molar-refractivity contribution in [3.05, 3.63) is 102 Å². The second-order valence-corrected chi connectivity index (χ2v) is 13.4. The summed E-state index contributed by atoms with van der Waals surface area (Å²) in [5, 5.41) is 3.18. The Bertz CT molecular complexity index is 2010. The van der Waals surface area contributed by atoms with Crippen molar-refractivity contribution in [2.45, 2.75) is 45.8 Å². The number of thiophene rings is 1. The number of benzene rings is 2. The summed E-state index contributed by atoms with van der Waals surface area (Å²) in [4.78, 5) is 49.5. The number of aromatic nitrogens is 2. The van der Waals surface area contributed by atoms with E-state index in [9.17, 15) is 14.4 Å². The molecule has 46 heavy (non-hydrogen) atoms. The number of nitrogens with one attached hydrogen (secondary N) is 1. The molecule has 2 aromatic carbocycles. The highest BCUT2D eigenvalue weighted by atomic mass is 32.1. The van der Waals surface area contributed by atoms with Crippen LogP contribution in [0.25, 0.3) is 11.3 Å². The number of nitrogens with zero attached hydrogens (tertiary/aromatic N) is 4. The molecule has 7 rings (SSSR count). The SMILES string of the molecule is C=C1Cc2sc3c(c2C1)CCN(c1cc(F)cc(-c2cn(C)c(=O)c(Nc4ccc5c(c4)CCN(C)C5)n2)c1COC(C)=O)C3=O. The molecule has 11 heteroatoms. The van der Waals surface area contributed by atoms with E-state index in [1.165, 1.54) is 62.7 Å². The number of ether oxygens (including phenoxy) is 1. The maximum atomic E-state index is 15.5. The lowest BCUT2D eigenvalue weighted by molar-refractivity contribution is -0.142. The first kappa shape index (κ1) is 30.1. The van der Waals surface area contributed by atoms with Crippen molar-refractivity contribution >= 4 is 40.4 Å². The van der Waals surface area contributed by atoms with Gasteiger partial charge in [0.15, 0.2) is 5.82 Å². The molecule has 9 nitrogen and oxygen atoms in total. The number of rotatable bonds is 6. The molecule has 2 aliphatic heterocycles. The molecule has 236 valence electrons. The second kappa shape index (κ2) is 11.6. The zero-order valence-electron chi connectivity index (χ0n) is 26.0. The van der Waals surface area contributed by atoms with Crippen LogP contribution >= 0.6 is 11.3 Å². The predicted molar refractivity (Wildman–Crippen MR) is 176 cm³/mol. The maximum absolute atomic E-state index is 15.5. The van der Waals surface area contributed by atoms with Gasteiger partial charge in [-0.2, -0.15) is 0 Å². The minimum atomic E-state index is -0.579. The van der Waals surface area contributed by atoms with Crippen molar-refractivity contribution in [1.82, 2.24) is 14.5 Å². The van der Waals surface area contributed by atoms with Crippen LogP contribution in [0.2, 0.25) is 0 Å². The van der Waals surface area contributed by atoms with Crippen LogP contribution in [-0.4, -0.2) is 46.5 Å². The Morgan fingerprint density at radius 2 is 1.91 bits per heavy atom. The molecular weight excluding hydrogens is 605 g/mol. The molecule has 2 aromatic heterocycles. The van der Waals surface area contributed by atoms with Crippen LogP contribution in [0.15, 0.2) is 53.5 Å². The highest BCUT2D eigenvalue weighted by molar-refractivity contribution is 7.14. The van der Waals surface area contributed by atoms with Crippen LogP contribution in [0, 0.1) is 5.82 Å². The van der Waals surface area contributed by atoms with Crippen molar-refractivity contribution in [3.8, 4) is 11.3 Å². The Labute approximate surface area is 269 Å². The van der Waals surface area contributed by atoms with Crippen LogP contribution in [-0.2, 0) is 55.4 Å². The van der Waals surface area contributed by atoms with E-state index in [1.807, 2.05) is 12.1 Å². The Kier molecular flexibility index (Phi) is 7.60. The number of amides is 1. The summed E-state index contributed by atoms with van der Waals surface area (Å²) >= 11 is 1.49. The Balaban J connectivity index is 1.29. The van der Waals surface area contributed by atoms with Crippen molar-refractivity contribution in [1.29, 1.82) is 0 Å². The Hall–Kier alpha value is -4.61. The van der Waals surface area contributed by atoms with Crippen molar-refractivity contribution in [2.75, 3.05) is 30.4 Å². The first-order chi connectivity index (χ1) is 22.0. The van der Waals surface area contributed by atoms with Gasteiger partial charge in [0, 0.05) is 67.9 Å². The van der Waals surface area contributed by atoms with E-state index >= 15 is 4.39 Å². The largest absolute Gasteiger partial charge is 0.461 e. The van der Waals surface area contributed by atoms with Crippen LogP contribution in [0.4, 0.5) is 21.6 Å². The first-order valence-electron chi connectivity index (χ1n) is 15.3. The number of anilines is 3. The molecular formula is C35H34FN5O4S. The lowest BCUT2D eigenvalue weighted by atomic mass is 9.97. The molecule has 0 bridgehead atoms. The van der Waals surface area contributed by atoms with Gasteiger partial charge in [-0.25, -0.2) is 9.37 Å². The normalized spacial score (nSPS) is 15.9. The predicted octanol–water partition coefficient (Wildman–Crippen LogP) is 5.30. The zero-order chi connectivity index (χ0) is 32.3. The molecule has 0 saturated heterocycles. The minimum Gasteiger partial charge on any atom is -0.461 e. The van der Waals surface area contributed by atoms with Crippen LogP contribution in [0.3, 0.4) is 0 Å². The number of aryl methyl sites for hydroxylation is 1. The molecule has 1 amide bonds. The number of esters is 1. The number of hydrogen-bond acceptors (Lipinski definition) is 8. The summed E-state index contributed by atoms with van der Waals surface area (Å²) in [7, 11) is 3.69. The minimum absolute atomic E-state index is 0.0745. The van der Waals surface area contributed by atoms with E-state index in [2.05, 4.69) is 34.9 Å². The van der Waals surface area contributed by atoms with Gasteiger partial charge in [-0.05, 0) is 72.8 Å². The second-order valence-electron chi connectivity index (χ2n) is 12.3. The standard InChI is InChI=1S/C35H34FN5O4S/c1-19-11-27-25-8-10-41(34(43)32(25)46-31(27)12-19)30-15-23(36)14-26(28(30)18-45-20(2)42)29-17-40(4)35(44)33(38-29)37-24-6-5-22-16-39(3)9-7-21(22)13-24/h5-6,13-15,17H,1,7-12,16,18H2,2-4H3,(H,37,38). The van der Waals surface area contributed by atoms with Gasteiger partial charge in [-0.1, -0.05) is 18.2 Å². The lowest BCUT2D eigenvalue weighted by Gasteiger charge is -2.30. The average Bonchev–Trinajstić information content (AvgIpc) is 3.55. The van der Waals surface area contributed by atoms with E-state index in [-0.39, 0.29) is 23.9 Å². The molecule has 0 spiro atoms. The van der Waals surface area contributed by atoms with Gasteiger partial charge in [0.05, 0.1) is 16.3 Å². The Morgan fingerprint density at radius 3 is 2.72 bits per heavy atom. The third kappa shape index (κ3) is 5.43. The first-order valence-corrected chi connectivity index (χ1v) is 16.1. The summed E-state index contributed by atoms with van der Waals surface area (Å²) in [5.74, 6) is -1.23. The van der Waals surface area contributed by atoms with Gasteiger partial charge >= 0.3 is 5.97 Å². The van der Waals surface area contributed by atoms with E-state index < -0.39 is 11.8 Å². The van der Waals surface area contributed by atoms with Gasteiger partial charge in [0.25, 0.3) is 11.5 Å². The Morgan fingerprint density at radius 1 is 1.09 bits per heavy atom. The molecule has 0 saturated carbocycles. The zero-order valence-corrected chi connectivity index (χ0v) is 26.9. The van der Waals surface area contributed by atoms with E-state index in [0.717, 1.165) is 49.2 Å². The van der Waals surface area contributed by atoms with Gasteiger partial charge in [0.1, 0.15) is 12.4 Å². The summed E-state index contributed by atoms with van der Waals surface area (Å²) < 4.78 is 22.3. The van der Waals surface area contributed by atoms with Crippen LogP contribution in [0.1, 0.15) is 49.3 Å². The molecule has 1 N–H and O–H groups in total. The summed E-state index contributed by atoms with van der Waals surface area (Å²) in [6, 6.07) is 8.62. The molecule has 4 heterocycles. The third-order valence-corrected chi connectivity index (χ3v) is 10.2. The third-order valence-electron chi connectivity index (χ3n) is 8.98. The molecule has 4 aromatic rings.